The van der Waals surface area contributed by atoms with E-state index in [0.717, 1.165) is 11.1 Å². The first-order valence-electron chi connectivity index (χ1n) is 7.18. The van der Waals surface area contributed by atoms with Crippen molar-refractivity contribution in [3.05, 3.63) is 52.8 Å². The first kappa shape index (κ1) is 16.4. The summed E-state index contributed by atoms with van der Waals surface area (Å²) in [6.07, 6.45) is 1.43. The van der Waals surface area contributed by atoms with Crippen molar-refractivity contribution in [3.63, 3.8) is 0 Å². The van der Waals surface area contributed by atoms with E-state index in [1.807, 2.05) is 52.2 Å². The van der Waals surface area contributed by atoms with E-state index in [4.69, 9.17) is 4.42 Å². The molecular formula is C18H19N3O2. The SMILES string of the molecule is Cc1ccc(NC(=O)C(C#N)=Cc2ccc(N(C)C)o2)cc1C. The molecule has 1 N–H and O–H groups in total. The summed E-state index contributed by atoms with van der Waals surface area (Å²) in [4.78, 5) is 14.0. The molecule has 2 rings (SSSR count). The summed E-state index contributed by atoms with van der Waals surface area (Å²) in [7, 11) is 3.70. The minimum Gasteiger partial charge on any atom is -0.441 e. The second-order valence-corrected chi connectivity index (χ2v) is 5.49. The van der Waals surface area contributed by atoms with Gasteiger partial charge in [0.15, 0.2) is 5.88 Å². The molecule has 0 fully saturated rings. The van der Waals surface area contributed by atoms with E-state index in [1.165, 1.54) is 6.08 Å². The van der Waals surface area contributed by atoms with Crippen LogP contribution in [0.25, 0.3) is 6.08 Å². The van der Waals surface area contributed by atoms with Gasteiger partial charge in [0.25, 0.3) is 5.91 Å². The van der Waals surface area contributed by atoms with E-state index < -0.39 is 5.91 Å². The fourth-order valence-electron chi connectivity index (χ4n) is 1.97. The number of carbonyl (C=O) groups excluding carboxylic acids is 1. The Kier molecular flexibility index (Phi) is 4.87. The Balaban J connectivity index is 2.19. The highest BCUT2D eigenvalue weighted by molar-refractivity contribution is 6.09. The van der Waals surface area contributed by atoms with Crippen molar-refractivity contribution in [1.82, 2.24) is 0 Å². The smallest absolute Gasteiger partial charge is 0.266 e. The number of hydrogen-bond acceptors (Lipinski definition) is 4. The minimum atomic E-state index is -0.460. The predicted molar refractivity (Wildman–Crippen MR) is 91.2 cm³/mol. The molecule has 2 aromatic rings. The number of nitriles is 1. The van der Waals surface area contributed by atoms with Crippen LogP contribution in [-0.4, -0.2) is 20.0 Å². The Morgan fingerprint density at radius 2 is 1.96 bits per heavy atom. The van der Waals surface area contributed by atoms with Crippen LogP contribution in [0, 0.1) is 25.2 Å². The molecule has 23 heavy (non-hydrogen) atoms. The minimum absolute atomic E-state index is 0.0112. The van der Waals surface area contributed by atoms with Gasteiger partial charge in [0.1, 0.15) is 17.4 Å². The van der Waals surface area contributed by atoms with Crippen molar-refractivity contribution in [1.29, 1.82) is 5.26 Å². The molecule has 1 aromatic heterocycles. The lowest BCUT2D eigenvalue weighted by atomic mass is 10.1. The maximum Gasteiger partial charge on any atom is 0.266 e. The van der Waals surface area contributed by atoms with Crippen LogP contribution >= 0.6 is 0 Å². The Morgan fingerprint density at radius 1 is 1.22 bits per heavy atom. The molecule has 0 saturated carbocycles. The summed E-state index contributed by atoms with van der Waals surface area (Å²) in [6, 6.07) is 11.0. The average Bonchev–Trinajstić information content (AvgIpc) is 2.97. The molecule has 1 heterocycles. The van der Waals surface area contributed by atoms with Gasteiger partial charge in [-0.15, -0.1) is 0 Å². The standard InChI is InChI=1S/C18H19N3O2/c1-12-5-6-15(9-13(12)2)20-18(22)14(11-19)10-16-7-8-17(23-16)21(3)4/h5-10H,1-4H3,(H,20,22). The molecule has 0 unspecified atom stereocenters. The zero-order valence-electron chi connectivity index (χ0n) is 13.7. The molecule has 0 spiro atoms. The number of carbonyl (C=O) groups is 1. The highest BCUT2D eigenvalue weighted by Crippen LogP contribution is 2.19. The molecule has 5 heteroatoms. The Bertz CT molecular complexity index is 795. The number of aryl methyl sites for hydroxylation is 2. The molecule has 1 amide bonds. The van der Waals surface area contributed by atoms with E-state index in [-0.39, 0.29) is 5.57 Å². The largest absolute Gasteiger partial charge is 0.441 e. The lowest BCUT2D eigenvalue weighted by Crippen LogP contribution is -2.13. The van der Waals surface area contributed by atoms with E-state index in [0.29, 0.717) is 17.3 Å². The summed E-state index contributed by atoms with van der Waals surface area (Å²) in [5.74, 6) is 0.655. The fourth-order valence-corrected chi connectivity index (χ4v) is 1.97. The van der Waals surface area contributed by atoms with Gasteiger partial charge < -0.3 is 14.6 Å². The van der Waals surface area contributed by atoms with Crippen LogP contribution in [0.5, 0.6) is 0 Å². The van der Waals surface area contributed by atoms with Crippen molar-refractivity contribution in [2.75, 3.05) is 24.3 Å². The van der Waals surface area contributed by atoms with Gasteiger partial charge in [-0.2, -0.15) is 5.26 Å². The summed E-state index contributed by atoms with van der Waals surface area (Å²) < 4.78 is 5.53. The summed E-state index contributed by atoms with van der Waals surface area (Å²) in [6.45, 7) is 3.97. The summed E-state index contributed by atoms with van der Waals surface area (Å²) in [5, 5.41) is 11.9. The zero-order chi connectivity index (χ0) is 17.0. The quantitative estimate of drug-likeness (QED) is 0.693. The molecule has 118 valence electrons. The normalized spacial score (nSPS) is 11.0. The Morgan fingerprint density at radius 3 is 2.52 bits per heavy atom. The van der Waals surface area contributed by atoms with Crippen LogP contribution < -0.4 is 10.2 Å². The average molecular weight is 309 g/mol. The van der Waals surface area contributed by atoms with Crippen LogP contribution in [0.2, 0.25) is 0 Å². The third kappa shape index (κ3) is 4.01. The van der Waals surface area contributed by atoms with Crippen molar-refractivity contribution in [3.8, 4) is 6.07 Å². The number of furan rings is 1. The van der Waals surface area contributed by atoms with Gasteiger partial charge in [-0.05, 0) is 43.2 Å². The monoisotopic (exact) mass is 309 g/mol. The fraction of sp³-hybridized carbons (Fsp3) is 0.222. The number of rotatable bonds is 4. The van der Waals surface area contributed by atoms with Gasteiger partial charge in [0, 0.05) is 31.9 Å². The van der Waals surface area contributed by atoms with E-state index in [1.54, 1.807) is 17.0 Å². The first-order chi connectivity index (χ1) is 10.9. The number of benzene rings is 1. The number of hydrogen-bond donors (Lipinski definition) is 1. The summed E-state index contributed by atoms with van der Waals surface area (Å²) in [5.41, 5.74) is 2.87. The van der Waals surface area contributed by atoms with Gasteiger partial charge in [-0.1, -0.05) is 6.07 Å². The van der Waals surface area contributed by atoms with Crippen molar-refractivity contribution >= 4 is 23.6 Å². The second-order valence-electron chi connectivity index (χ2n) is 5.49. The number of nitrogens with zero attached hydrogens (tertiary/aromatic N) is 2. The molecule has 5 nitrogen and oxygen atoms in total. The van der Waals surface area contributed by atoms with Crippen molar-refractivity contribution in [2.45, 2.75) is 13.8 Å². The molecule has 0 saturated heterocycles. The van der Waals surface area contributed by atoms with Crippen molar-refractivity contribution < 1.29 is 9.21 Å². The lowest BCUT2D eigenvalue weighted by Gasteiger charge is -2.07. The maximum absolute atomic E-state index is 12.2. The van der Waals surface area contributed by atoms with E-state index >= 15 is 0 Å². The molecule has 0 bridgehead atoms. The van der Waals surface area contributed by atoms with Gasteiger partial charge in [0.05, 0.1) is 0 Å². The van der Waals surface area contributed by atoms with Crippen LogP contribution in [0.1, 0.15) is 16.9 Å². The molecule has 1 aromatic carbocycles. The number of nitrogens with one attached hydrogen (secondary N) is 1. The molecular weight excluding hydrogens is 290 g/mol. The van der Waals surface area contributed by atoms with Gasteiger partial charge in [-0.25, -0.2) is 0 Å². The molecule has 0 radical (unpaired) electrons. The molecule has 0 atom stereocenters. The number of anilines is 2. The zero-order valence-corrected chi connectivity index (χ0v) is 13.7. The van der Waals surface area contributed by atoms with Gasteiger partial charge in [-0.3, -0.25) is 4.79 Å². The lowest BCUT2D eigenvalue weighted by molar-refractivity contribution is -0.112. The first-order valence-corrected chi connectivity index (χ1v) is 7.18. The van der Waals surface area contributed by atoms with Gasteiger partial charge >= 0.3 is 0 Å². The van der Waals surface area contributed by atoms with E-state index in [9.17, 15) is 10.1 Å². The van der Waals surface area contributed by atoms with Crippen LogP contribution in [0.4, 0.5) is 11.6 Å². The van der Waals surface area contributed by atoms with Gasteiger partial charge in [0.2, 0.25) is 0 Å². The second kappa shape index (κ2) is 6.84. The third-order valence-corrected chi connectivity index (χ3v) is 3.47. The van der Waals surface area contributed by atoms with Crippen LogP contribution in [0.15, 0.2) is 40.3 Å². The summed E-state index contributed by atoms with van der Waals surface area (Å²) >= 11 is 0. The topological polar surface area (TPSA) is 69.3 Å². The molecule has 0 aliphatic carbocycles. The highest BCUT2D eigenvalue weighted by atomic mass is 16.4. The Hall–Kier alpha value is -3.00. The number of amides is 1. The molecule has 0 aliphatic rings. The predicted octanol–water partition coefficient (Wildman–Crippen LogP) is 3.51. The molecule has 0 aliphatic heterocycles. The van der Waals surface area contributed by atoms with E-state index in [2.05, 4.69) is 5.32 Å². The third-order valence-electron chi connectivity index (χ3n) is 3.47. The Labute approximate surface area is 135 Å². The van der Waals surface area contributed by atoms with Crippen LogP contribution in [0.3, 0.4) is 0 Å². The van der Waals surface area contributed by atoms with Crippen molar-refractivity contribution in [2.24, 2.45) is 0 Å². The maximum atomic E-state index is 12.2. The van der Waals surface area contributed by atoms with Crippen LogP contribution in [-0.2, 0) is 4.79 Å². The highest BCUT2D eigenvalue weighted by Gasteiger charge is 2.11.